The molecule has 6 heteroatoms. The Morgan fingerprint density at radius 3 is 1.15 bits per heavy atom. The second kappa shape index (κ2) is 52.2. The van der Waals surface area contributed by atoms with Crippen LogP contribution in [0, 0.1) is 0 Å². The first kappa shape index (κ1) is 60.6. The van der Waals surface area contributed by atoms with Gasteiger partial charge in [-0.1, -0.05) is 257 Å². The van der Waals surface area contributed by atoms with Crippen LogP contribution in [-0.2, 0) is 14.3 Å². The summed E-state index contributed by atoms with van der Waals surface area (Å²) in [5.41, 5.74) is 0. The minimum Gasteiger partial charge on any atom is -0.466 e. The third kappa shape index (κ3) is 48.1. The lowest BCUT2D eigenvalue weighted by Gasteiger charge is -2.22. The molecule has 0 aromatic heterocycles. The Labute approximate surface area is 387 Å². The van der Waals surface area contributed by atoms with E-state index in [2.05, 4.69) is 31.3 Å². The van der Waals surface area contributed by atoms with Crippen molar-refractivity contribution in [3.63, 3.8) is 0 Å². The van der Waals surface area contributed by atoms with Gasteiger partial charge in [-0.15, -0.1) is 0 Å². The number of hydrogen-bond acceptors (Lipinski definition) is 5. The highest BCUT2D eigenvalue weighted by Crippen LogP contribution is 2.17. The third-order valence-electron chi connectivity index (χ3n) is 13.1. The fraction of sp³-hybridized carbons (Fsp3) is 0.929. The summed E-state index contributed by atoms with van der Waals surface area (Å²) >= 11 is 0. The Balaban J connectivity index is 3.37. The molecule has 368 valence electrons. The normalized spacial score (nSPS) is 12.6. The first-order chi connectivity index (χ1) is 30.5. The van der Waals surface area contributed by atoms with Gasteiger partial charge in [0.15, 0.2) is 0 Å². The molecule has 0 radical (unpaired) electrons. The van der Waals surface area contributed by atoms with Crippen molar-refractivity contribution in [2.45, 2.75) is 321 Å². The SMILES string of the molecule is CCCCCCCCCCCCCCC(=O)OCCCCCCCCCCCCCC/C=C\CCCCCCCCCCC(=O)NC(CO)C(O)CCCCCCCCCCC. The molecule has 0 bridgehead atoms. The van der Waals surface area contributed by atoms with E-state index in [-0.39, 0.29) is 18.5 Å². The first-order valence-electron chi connectivity index (χ1n) is 27.9. The lowest BCUT2D eigenvalue weighted by Crippen LogP contribution is -2.45. The zero-order valence-electron chi connectivity index (χ0n) is 41.9. The van der Waals surface area contributed by atoms with Crippen LogP contribution in [0.2, 0.25) is 0 Å². The van der Waals surface area contributed by atoms with E-state index in [4.69, 9.17) is 4.74 Å². The van der Waals surface area contributed by atoms with Crippen molar-refractivity contribution in [1.82, 2.24) is 5.32 Å². The summed E-state index contributed by atoms with van der Waals surface area (Å²) in [6.45, 7) is 4.94. The monoisotopic (exact) mass is 876 g/mol. The standard InChI is InChI=1S/C56H109NO5/c1-3-5-7-9-11-13-14-30-34-38-42-46-50-56(61)62-51-47-43-39-35-31-28-26-24-22-20-18-16-15-17-19-21-23-25-27-29-33-37-41-45-49-55(60)57-53(52-58)54(59)48-44-40-36-32-12-10-8-6-4-2/h17,19,53-54,58-59H,3-16,18,20-52H2,1-2H3,(H,57,60)/b19-17-. The fourth-order valence-electron chi connectivity index (χ4n) is 8.75. The number of esters is 1. The van der Waals surface area contributed by atoms with Crippen LogP contribution >= 0.6 is 0 Å². The van der Waals surface area contributed by atoms with Gasteiger partial charge in [0.1, 0.15) is 0 Å². The minimum atomic E-state index is -0.663. The van der Waals surface area contributed by atoms with Crippen LogP contribution in [0.1, 0.15) is 309 Å². The summed E-state index contributed by atoms with van der Waals surface area (Å²) in [6, 6.07) is -0.541. The zero-order chi connectivity index (χ0) is 45.1. The topological polar surface area (TPSA) is 95.9 Å². The molecule has 0 fully saturated rings. The molecule has 62 heavy (non-hydrogen) atoms. The van der Waals surface area contributed by atoms with E-state index >= 15 is 0 Å². The molecule has 0 spiro atoms. The summed E-state index contributed by atoms with van der Waals surface area (Å²) in [5, 5.41) is 23.1. The smallest absolute Gasteiger partial charge is 0.305 e. The van der Waals surface area contributed by atoms with Gasteiger partial charge in [0.25, 0.3) is 0 Å². The molecule has 0 rings (SSSR count). The number of nitrogens with one attached hydrogen (secondary N) is 1. The van der Waals surface area contributed by atoms with Gasteiger partial charge in [-0.2, -0.15) is 0 Å². The van der Waals surface area contributed by atoms with Crippen LogP contribution in [0.4, 0.5) is 0 Å². The van der Waals surface area contributed by atoms with Gasteiger partial charge in [0.05, 0.1) is 25.4 Å². The Morgan fingerprint density at radius 1 is 0.435 bits per heavy atom. The number of ether oxygens (including phenoxy) is 1. The number of rotatable bonds is 52. The molecule has 1 amide bonds. The summed E-state index contributed by atoms with van der Waals surface area (Å²) < 4.78 is 5.47. The fourth-order valence-corrected chi connectivity index (χ4v) is 8.75. The number of aliphatic hydroxyl groups excluding tert-OH is 2. The molecule has 0 aliphatic heterocycles. The highest BCUT2D eigenvalue weighted by Gasteiger charge is 2.20. The van der Waals surface area contributed by atoms with Crippen LogP contribution < -0.4 is 5.32 Å². The molecule has 0 aromatic carbocycles. The Morgan fingerprint density at radius 2 is 0.758 bits per heavy atom. The van der Waals surface area contributed by atoms with Crippen molar-refractivity contribution in [1.29, 1.82) is 0 Å². The van der Waals surface area contributed by atoms with Gasteiger partial charge in [-0.05, 0) is 51.4 Å². The molecule has 2 atom stereocenters. The van der Waals surface area contributed by atoms with Crippen molar-refractivity contribution in [3.05, 3.63) is 12.2 Å². The number of carbonyl (C=O) groups is 2. The van der Waals surface area contributed by atoms with Crippen LogP contribution in [0.5, 0.6) is 0 Å². The number of unbranched alkanes of at least 4 members (excludes halogenated alkanes) is 39. The van der Waals surface area contributed by atoms with E-state index in [1.54, 1.807) is 0 Å². The number of hydrogen-bond donors (Lipinski definition) is 3. The maximum atomic E-state index is 12.4. The third-order valence-corrected chi connectivity index (χ3v) is 13.1. The minimum absolute atomic E-state index is 0.0133. The molecule has 0 aliphatic carbocycles. The lowest BCUT2D eigenvalue weighted by atomic mass is 10.0. The Kier molecular flexibility index (Phi) is 51.0. The second-order valence-corrected chi connectivity index (χ2v) is 19.3. The molecule has 2 unspecified atom stereocenters. The number of allylic oxidation sites excluding steroid dienone is 2. The predicted octanol–water partition coefficient (Wildman–Crippen LogP) is 16.9. The Bertz CT molecular complexity index is 924. The van der Waals surface area contributed by atoms with E-state index in [0.29, 0.717) is 25.9 Å². The summed E-state index contributed by atoms with van der Waals surface area (Å²) in [5.74, 6) is -0.0279. The zero-order valence-corrected chi connectivity index (χ0v) is 41.9. The molecule has 0 aliphatic rings. The highest BCUT2D eigenvalue weighted by molar-refractivity contribution is 5.76. The number of aliphatic hydroxyl groups is 2. The molecular weight excluding hydrogens is 767 g/mol. The molecule has 0 saturated heterocycles. The second-order valence-electron chi connectivity index (χ2n) is 19.3. The molecular formula is C56H109NO5. The van der Waals surface area contributed by atoms with E-state index < -0.39 is 12.1 Å². The predicted molar refractivity (Wildman–Crippen MR) is 269 cm³/mol. The molecule has 0 aromatic rings. The van der Waals surface area contributed by atoms with Gasteiger partial charge in [0, 0.05) is 12.8 Å². The van der Waals surface area contributed by atoms with Gasteiger partial charge in [-0.25, -0.2) is 0 Å². The first-order valence-corrected chi connectivity index (χ1v) is 27.9. The Hall–Kier alpha value is -1.40. The van der Waals surface area contributed by atoms with Gasteiger partial charge >= 0.3 is 5.97 Å². The van der Waals surface area contributed by atoms with Crippen LogP contribution in [-0.4, -0.2) is 47.4 Å². The van der Waals surface area contributed by atoms with Crippen molar-refractivity contribution >= 4 is 11.9 Å². The average molecular weight is 876 g/mol. The van der Waals surface area contributed by atoms with Crippen LogP contribution in [0.15, 0.2) is 12.2 Å². The molecule has 0 saturated carbocycles. The molecule has 0 heterocycles. The largest absolute Gasteiger partial charge is 0.466 e. The lowest BCUT2D eigenvalue weighted by molar-refractivity contribution is -0.143. The maximum absolute atomic E-state index is 12.4. The van der Waals surface area contributed by atoms with Crippen molar-refractivity contribution in [2.24, 2.45) is 0 Å². The summed E-state index contributed by atoms with van der Waals surface area (Å²) in [6.07, 6.45) is 60.7. The maximum Gasteiger partial charge on any atom is 0.305 e. The van der Waals surface area contributed by atoms with Crippen LogP contribution in [0.25, 0.3) is 0 Å². The quantitative estimate of drug-likeness (QED) is 0.0321. The van der Waals surface area contributed by atoms with Crippen molar-refractivity contribution in [2.75, 3.05) is 13.2 Å². The van der Waals surface area contributed by atoms with E-state index in [1.807, 2.05) is 0 Å². The average Bonchev–Trinajstić information content (AvgIpc) is 3.27. The number of amides is 1. The van der Waals surface area contributed by atoms with Gasteiger partial charge < -0.3 is 20.3 Å². The summed E-state index contributed by atoms with van der Waals surface area (Å²) in [7, 11) is 0. The molecule has 6 nitrogen and oxygen atoms in total. The van der Waals surface area contributed by atoms with E-state index in [1.165, 1.54) is 238 Å². The molecule has 3 N–H and O–H groups in total. The van der Waals surface area contributed by atoms with Crippen molar-refractivity contribution in [3.8, 4) is 0 Å². The number of carbonyl (C=O) groups excluding carboxylic acids is 2. The highest BCUT2D eigenvalue weighted by atomic mass is 16.5. The van der Waals surface area contributed by atoms with Crippen LogP contribution in [0.3, 0.4) is 0 Å². The van der Waals surface area contributed by atoms with Crippen molar-refractivity contribution < 1.29 is 24.5 Å². The van der Waals surface area contributed by atoms with Gasteiger partial charge in [0.2, 0.25) is 5.91 Å². The summed E-state index contributed by atoms with van der Waals surface area (Å²) in [4.78, 5) is 24.4. The van der Waals surface area contributed by atoms with E-state index in [0.717, 1.165) is 38.5 Å². The van der Waals surface area contributed by atoms with Gasteiger partial charge in [-0.3, -0.25) is 9.59 Å². The van der Waals surface area contributed by atoms with E-state index in [9.17, 15) is 19.8 Å².